The first-order chi connectivity index (χ1) is 11.5. The Labute approximate surface area is 147 Å². The van der Waals surface area contributed by atoms with Gasteiger partial charge in [0, 0.05) is 0 Å². The fourth-order valence-corrected chi connectivity index (χ4v) is 2.16. The van der Waals surface area contributed by atoms with E-state index in [0.717, 1.165) is 0 Å². The van der Waals surface area contributed by atoms with Crippen LogP contribution in [-0.4, -0.2) is 39.6 Å². The Kier molecular flexibility index (Phi) is 6.67. The number of nitrogens with zero attached hydrogens (tertiary/aromatic N) is 1. The maximum Gasteiger partial charge on any atom is 0.337 e. The van der Waals surface area contributed by atoms with Crippen LogP contribution in [0.15, 0.2) is 12.1 Å². The van der Waals surface area contributed by atoms with Crippen molar-refractivity contribution in [2.75, 3.05) is 0 Å². The summed E-state index contributed by atoms with van der Waals surface area (Å²) in [6, 6.07) is 1.85. The maximum atomic E-state index is 12.5. The number of carboxylic acid groups (broad SMARTS) is 1. The van der Waals surface area contributed by atoms with Crippen molar-refractivity contribution in [3.8, 4) is 0 Å². The molecule has 25 heavy (non-hydrogen) atoms. The molecule has 0 saturated heterocycles. The second-order valence-corrected chi connectivity index (χ2v) is 7.00. The van der Waals surface area contributed by atoms with Gasteiger partial charge in [-0.05, 0) is 45.7 Å². The topological polar surface area (TPSA) is 106 Å². The Bertz CT molecular complexity index is 664. The van der Waals surface area contributed by atoms with Gasteiger partial charge in [-0.2, -0.15) is 0 Å². The summed E-state index contributed by atoms with van der Waals surface area (Å²) in [7, 11) is 0. The highest BCUT2D eigenvalue weighted by atomic mass is 16.6. The predicted octanol–water partition coefficient (Wildman–Crippen LogP) is 2.57. The van der Waals surface area contributed by atoms with E-state index in [1.54, 1.807) is 20.8 Å². The molecule has 0 saturated carbocycles. The Morgan fingerprint density at radius 1 is 1.28 bits per heavy atom. The monoisotopic (exact) mass is 350 g/mol. The van der Waals surface area contributed by atoms with Gasteiger partial charge in [0.15, 0.2) is 0 Å². The van der Waals surface area contributed by atoms with E-state index >= 15 is 0 Å². The SMILES string of the molecule is CC[C@H](C)[C@H](NC(=O)c1ccc(C(=O)O)c(C)n1)C(=O)OC(C)(C)C. The van der Waals surface area contributed by atoms with Gasteiger partial charge < -0.3 is 15.2 Å². The third-order valence-electron chi connectivity index (χ3n) is 3.71. The van der Waals surface area contributed by atoms with Gasteiger partial charge >= 0.3 is 11.9 Å². The van der Waals surface area contributed by atoms with Crippen LogP contribution < -0.4 is 5.32 Å². The molecule has 138 valence electrons. The highest BCUT2D eigenvalue weighted by Gasteiger charge is 2.31. The fraction of sp³-hybridized carbons (Fsp3) is 0.556. The van der Waals surface area contributed by atoms with Crippen LogP contribution in [0.25, 0.3) is 0 Å². The van der Waals surface area contributed by atoms with Gasteiger partial charge in [-0.25, -0.2) is 14.6 Å². The van der Waals surface area contributed by atoms with E-state index in [1.165, 1.54) is 19.1 Å². The van der Waals surface area contributed by atoms with E-state index in [4.69, 9.17) is 9.84 Å². The molecule has 1 amide bonds. The first-order valence-electron chi connectivity index (χ1n) is 8.21. The summed E-state index contributed by atoms with van der Waals surface area (Å²) in [5.74, 6) is -2.29. The van der Waals surface area contributed by atoms with Crippen molar-refractivity contribution >= 4 is 17.8 Å². The van der Waals surface area contributed by atoms with Crippen LogP contribution >= 0.6 is 0 Å². The molecule has 2 atom stereocenters. The normalized spacial score (nSPS) is 13.7. The number of hydrogen-bond donors (Lipinski definition) is 2. The van der Waals surface area contributed by atoms with Gasteiger partial charge in [-0.15, -0.1) is 0 Å². The number of carbonyl (C=O) groups excluding carboxylic acids is 2. The van der Waals surface area contributed by atoms with Crippen molar-refractivity contribution in [3.05, 3.63) is 29.1 Å². The molecule has 1 heterocycles. The molecule has 0 aliphatic rings. The van der Waals surface area contributed by atoms with Crippen molar-refractivity contribution in [1.29, 1.82) is 0 Å². The maximum absolute atomic E-state index is 12.5. The molecule has 0 aliphatic carbocycles. The Morgan fingerprint density at radius 3 is 2.32 bits per heavy atom. The quantitative estimate of drug-likeness (QED) is 0.764. The largest absolute Gasteiger partial charge is 0.478 e. The second kappa shape index (κ2) is 8.09. The number of ether oxygens (including phenoxy) is 1. The van der Waals surface area contributed by atoms with Crippen LogP contribution in [0, 0.1) is 12.8 Å². The van der Waals surface area contributed by atoms with Crippen LogP contribution in [0.1, 0.15) is 67.6 Å². The summed E-state index contributed by atoms with van der Waals surface area (Å²) in [5, 5.41) is 11.7. The molecule has 1 rings (SSSR count). The third kappa shape index (κ3) is 5.85. The number of nitrogens with one attached hydrogen (secondary N) is 1. The highest BCUT2D eigenvalue weighted by Crippen LogP contribution is 2.15. The summed E-state index contributed by atoms with van der Waals surface area (Å²) in [6.07, 6.45) is 0.675. The Balaban J connectivity index is 3.00. The minimum Gasteiger partial charge on any atom is -0.478 e. The standard InChI is InChI=1S/C18H26N2O5/c1-7-10(2)14(17(24)25-18(4,5)6)20-15(21)13-9-8-12(16(22)23)11(3)19-13/h8-10,14H,7H2,1-6H3,(H,20,21)(H,22,23)/t10-,14-/m0/s1. The molecule has 0 radical (unpaired) electrons. The first-order valence-corrected chi connectivity index (χ1v) is 8.21. The minimum absolute atomic E-state index is 0.0298. The van der Waals surface area contributed by atoms with E-state index in [-0.39, 0.29) is 22.9 Å². The number of pyridine rings is 1. The van der Waals surface area contributed by atoms with Crippen LogP contribution in [-0.2, 0) is 9.53 Å². The van der Waals surface area contributed by atoms with E-state index < -0.39 is 29.5 Å². The van der Waals surface area contributed by atoms with E-state index in [9.17, 15) is 14.4 Å². The van der Waals surface area contributed by atoms with Gasteiger partial charge in [0.25, 0.3) is 5.91 Å². The minimum atomic E-state index is -1.11. The number of aryl methyl sites for hydroxylation is 1. The molecule has 0 unspecified atom stereocenters. The van der Waals surface area contributed by atoms with Gasteiger partial charge in [0.2, 0.25) is 0 Å². The van der Waals surface area contributed by atoms with Crippen molar-refractivity contribution in [3.63, 3.8) is 0 Å². The molecule has 0 fully saturated rings. The second-order valence-electron chi connectivity index (χ2n) is 7.00. The molecule has 0 aromatic carbocycles. The third-order valence-corrected chi connectivity index (χ3v) is 3.71. The highest BCUT2D eigenvalue weighted by molar-refractivity contribution is 5.96. The molecular formula is C18H26N2O5. The lowest BCUT2D eigenvalue weighted by Gasteiger charge is -2.27. The molecule has 1 aromatic rings. The molecule has 0 spiro atoms. The Hall–Kier alpha value is -2.44. The molecule has 1 aromatic heterocycles. The van der Waals surface area contributed by atoms with Gasteiger partial charge in [0.1, 0.15) is 17.3 Å². The number of aromatic nitrogens is 1. The number of carboxylic acids is 1. The summed E-state index contributed by atoms with van der Waals surface area (Å²) in [5.41, 5.74) is -0.343. The molecule has 7 heteroatoms. The van der Waals surface area contributed by atoms with Crippen LogP contribution in [0.2, 0.25) is 0 Å². The van der Waals surface area contributed by atoms with Crippen LogP contribution in [0.3, 0.4) is 0 Å². The summed E-state index contributed by atoms with van der Waals surface area (Å²) in [6.45, 7) is 10.6. The zero-order chi connectivity index (χ0) is 19.4. The predicted molar refractivity (Wildman–Crippen MR) is 92.5 cm³/mol. The first kappa shape index (κ1) is 20.6. The number of esters is 1. The lowest BCUT2D eigenvalue weighted by atomic mass is 9.98. The van der Waals surface area contributed by atoms with E-state index in [1.807, 2.05) is 13.8 Å². The van der Waals surface area contributed by atoms with Crippen molar-refractivity contribution < 1.29 is 24.2 Å². The zero-order valence-corrected chi connectivity index (χ0v) is 15.5. The average molecular weight is 350 g/mol. The number of hydrogen-bond acceptors (Lipinski definition) is 5. The van der Waals surface area contributed by atoms with Gasteiger partial charge in [0.05, 0.1) is 11.3 Å². The molecular weight excluding hydrogens is 324 g/mol. The molecule has 7 nitrogen and oxygen atoms in total. The number of amides is 1. The number of rotatable bonds is 6. The van der Waals surface area contributed by atoms with Crippen molar-refractivity contribution in [1.82, 2.24) is 10.3 Å². The van der Waals surface area contributed by atoms with Gasteiger partial charge in [-0.1, -0.05) is 20.3 Å². The molecule has 0 bridgehead atoms. The van der Waals surface area contributed by atoms with E-state index in [2.05, 4.69) is 10.3 Å². The van der Waals surface area contributed by atoms with E-state index in [0.29, 0.717) is 6.42 Å². The zero-order valence-electron chi connectivity index (χ0n) is 15.5. The fourth-order valence-electron chi connectivity index (χ4n) is 2.16. The summed E-state index contributed by atoms with van der Waals surface area (Å²) in [4.78, 5) is 39.9. The van der Waals surface area contributed by atoms with Crippen molar-refractivity contribution in [2.45, 2.75) is 59.6 Å². The number of carbonyl (C=O) groups is 3. The lowest BCUT2D eigenvalue weighted by Crippen LogP contribution is -2.48. The van der Waals surface area contributed by atoms with Crippen LogP contribution in [0.4, 0.5) is 0 Å². The average Bonchev–Trinajstić information content (AvgIpc) is 2.49. The summed E-state index contributed by atoms with van der Waals surface area (Å²) < 4.78 is 5.38. The van der Waals surface area contributed by atoms with Crippen molar-refractivity contribution in [2.24, 2.45) is 5.92 Å². The Morgan fingerprint density at radius 2 is 1.88 bits per heavy atom. The van der Waals surface area contributed by atoms with Crippen LogP contribution in [0.5, 0.6) is 0 Å². The van der Waals surface area contributed by atoms with Gasteiger partial charge in [-0.3, -0.25) is 4.79 Å². The molecule has 0 aliphatic heterocycles. The smallest absolute Gasteiger partial charge is 0.337 e. The lowest BCUT2D eigenvalue weighted by molar-refractivity contribution is -0.158. The molecule has 2 N–H and O–H groups in total. The number of aromatic carboxylic acids is 1. The summed E-state index contributed by atoms with van der Waals surface area (Å²) >= 11 is 0.